The van der Waals surface area contributed by atoms with Gasteiger partial charge in [-0.25, -0.2) is 0 Å². The first-order valence-corrected chi connectivity index (χ1v) is 3.80. The lowest BCUT2D eigenvalue weighted by molar-refractivity contribution is 0.466. The van der Waals surface area contributed by atoms with Crippen LogP contribution in [0, 0.1) is 5.41 Å². The van der Waals surface area contributed by atoms with Crippen LogP contribution in [0.2, 0.25) is 6.32 Å². The van der Waals surface area contributed by atoms with Crippen LogP contribution in [0.3, 0.4) is 0 Å². The lowest BCUT2D eigenvalue weighted by Gasteiger charge is -2.19. The lowest BCUT2D eigenvalue weighted by atomic mass is 9.46. The fourth-order valence-electron chi connectivity index (χ4n) is 1.51. The third kappa shape index (κ3) is 0.931. The largest absolute Gasteiger partial charge is 0.198 e. The molecule has 1 aliphatic heterocycles. The summed E-state index contributed by atoms with van der Waals surface area (Å²) in [4.78, 5) is 0. The van der Waals surface area contributed by atoms with E-state index < -0.39 is 0 Å². The van der Waals surface area contributed by atoms with Crippen molar-refractivity contribution in [3.63, 3.8) is 0 Å². The highest BCUT2D eigenvalue weighted by Gasteiger charge is 2.52. The van der Waals surface area contributed by atoms with Crippen LogP contribution in [0.1, 0.15) is 27.2 Å². The quantitative estimate of drug-likeness (QED) is 0.466. The molecule has 0 bridgehead atoms. The fourth-order valence-corrected chi connectivity index (χ4v) is 1.51. The summed E-state index contributed by atoms with van der Waals surface area (Å²) in [5.74, 6) is 0. The minimum Gasteiger partial charge on any atom is -0.101 e. The molecule has 0 spiro atoms. The van der Waals surface area contributed by atoms with E-state index in [0.29, 0.717) is 5.41 Å². The van der Waals surface area contributed by atoms with Gasteiger partial charge in [0.15, 0.2) is 6.71 Å². The molecule has 0 saturated heterocycles. The number of hydrogen-bond donors (Lipinski definition) is 0. The Morgan fingerprint density at radius 3 is 2.00 bits per heavy atom. The van der Waals surface area contributed by atoms with Gasteiger partial charge in [-0.1, -0.05) is 27.1 Å². The van der Waals surface area contributed by atoms with Gasteiger partial charge in [-0.3, -0.25) is 0 Å². The molecule has 2 aliphatic rings. The number of allylic oxidation sites excluding steroid dienone is 2. The Kier molecular flexibility index (Phi) is 0.793. The fraction of sp³-hybridized carbons (Fsp3) is 0.750. The van der Waals surface area contributed by atoms with E-state index in [0.717, 1.165) is 6.71 Å². The summed E-state index contributed by atoms with van der Waals surface area (Å²) in [6, 6.07) is 0. The van der Waals surface area contributed by atoms with Crippen molar-refractivity contribution in [3.8, 4) is 0 Å². The molecule has 2 rings (SSSR count). The minimum atomic E-state index is 0.554. The van der Waals surface area contributed by atoms with Crippen molar-refractivity contribution in [1.82, 2.24) is 0 Å². The van der Waals surface area contributed by atoms with Gasteiger partial charge in [0.25, 0.3) is 0 Å². The molecule has 1 aliphatic carbocycles. The minimum absolute atomic E-state index is 0.554. The van der Waals surface area contributed by atoms with Gasteiger partial charge in [-0.2, -0.15) is 0 Å². The van der Waals surface area contributed by atoms with Crippen LogP contribution < -0.4 is 0 Å². The van der Waals surface area contributed by atoms with Gasteiger partial charge in [-0.15, -0.1) is 10.9 Å². The monoisotopic (exact) mass is 120 g/mol. The van der Waals surface area contributed by atoms with E-state index >= 15 is 0 Å². The maximum atomic E-state index is 2.33. The molecule has 9 heavy (non-hydrogen) atoms. The molecule has 1 heteroatoms. The Hall–Kier alpha value is -0.195. The Morgan fingerprint density at radius 2 is 1.89 bits per heavy atom. The topological polar surface area (TPSA) is 0 Å². The van der Waals surface area contributed by atoms with E-state index in [9.17, 15) is 0 Å². The van der Waals surface area contributed by atoms with Gasteiger partial charge in [-0.05, 0) is 11.8 Å². The Labute approximate surface area is 57.4 Å². The molecule has 0 N–H and O–H groups in total. The van der Waals surface area contributed by atoms with E-state index in [-0.39, 0.29) is 0 Å². The molecule has 0 fully saturated rings. The van der Waals surface area contributed by atoms with Crippen LogP contribution >= 0.6 is 0 Å². The van der Waals surface area contributed by atoms with Crippen molar-refractivity contribution in [3.05, 3.63) is 10.9 Å². The third-order valence-electron chi connectivity index (χ3n) is 2.24. The van der Waals surface area contributed by atoms with Gasteiger partial charge < -0.3 is 0 Å². The molecule has 0 aromatic heterocycles. The summed E-state index contributed by atoms with van der Waals surface area (Å²) in [5, 5.41) is 0. The molecular weight excluding hydrogens is 107 g/mol. The number of rotatable bonds is 1. The molecule has 0 aromatic rings. The predicted octanol–water partition coefficient (Wildman–Crippen LogP) is 2.32. The van der Waals surface area contributed by atoms with Crippen molar-refractivity contribution in [2.75, 3.05) is 0 Å². The maximum absolute atomic E-state index is 2.33. The van der Waals surface area contributed by atoms with Crippen molar-refractivity contribution >= 4 is 6.71 Å². The summed E-state index contributed by atoms with van der Waals surface area (Å²) in [6.45, 7) is 7.97. The van der Waals surface area contributed by atoms with Crippen LogP contribution in [-0.2, 0) is 0 Å². The van der Waals surface area contributed by atoms with E-state index in [1.807, 2.05) is 0 Å². The molecule has 0 aromatic carbocycles. The highest BCUT2D eigenvalue weighted by atomic mass is 14.3. The Bertz CT molecular complexity index is 171. The van der Waals surface area contributed by atoms with E-state index in [2.05, 4.69) is 20.8 Å². The normalized spacial score (nSPS) is 22.3. The molecule has 0 amide bonds. The zero-order chi connectivity index (χ0) is 6.65. The zero-order valence-electron chi connectivity index (χ0n) is 6.49. The van der Waals surface area contributed by atoms with Gasteiger partial charge in [0, 0.05) is 0 Å². The first-order chi connectivity index (χ1) is 4.08. The Morgan fingerprint density at radius 1 is 1.33 bits per heavy atom. The molecular formula is C8H13B. The van der Waals surface area contributed by atoms with Crippen LogP contribution in [0.25, 0.3) is 0 Å². The summed E-state index contributed by atoms with van der Waals surface area (Å²) in [5.41, 5.74) is 4.15. The van der Waals surface area contributed by atoms with Gasteiger partial charge in [0.2, 0.25) is 0 Å². The summed E-state index contributed by atoms with van der Waals surface area (Å²) in [6.07, 6.45) is 2.80. The summed E-state index contributed by atoms with van der Waals surface area (Å²) in [7, 11) is 0. The zero-order valence-corrected chi connectivity index (χ0v) is 6.49. The second-order valence-corrected chi connectivity index (χ2v) is 4.54. The summed E-state index contributed by atoms with van der Waals surface area (Å²) < 4.78 is 0. The molecule has 1 heterocycles. The molecule has 0 radical (unpaired) electrons. The van der Waals surface area contributed by atoms with E-state index in [1.54, 1.807) is 10.9 Å². The first kappa shape index (κ1) is 5.58. The smallest absolute Gasteiger partial charge is 0.101 e. The second-order valence-electron chi connectivity index (χ2n) is 4.54. The van der Waals surface area contributed by atoms with E-state index in [1.165, 1.54) is 12.7 Å². The number of hydrogen-bond acceptors (Lipinski definition) is 0. The van der Waals surface area contributed by atoms with Crippen molar-refractivity contribution < 1.29 is 0 Å². The highest BCUT2D eigenvalue weighted by molar-refractivity contribution is 6.91. The summed E-state index contributed by atoms with van der Waals surface area (Å²) >= 11 is 0. The highest BCUT2D eigenvalue weighted by Crippen LogP contribution is 2.56. The maximum Gasteiger partial charge on any atom is 0.198 e. The lowest BCUT2D eigenvalue weighted by Crippen LogP contribution is -2.15. The average molecular weight is 120 g/mol. The molecule has 48 valence electrons. The second kappa shape index (κ2) is 1.28. The van der Waals surface area contributed by atoms with Crippen molar-refractivity contribution in [2.24, 2.45) is 5.41 Å². The van der Waals surface area contributed by atoms with Crippen LogP contribution in [0.5, 0.6) is 0 Å². The molecule has 0 unspecified atom stereocenters. The van der Waals surface area contributed by atoms with Crippen molar-refractivity contribution in [2.45, 2.75) is 33.5 Å². The predicted molar refractivity (Wildman–Crippen MR) is 41.7 cm³/mol. The standard InChI is InChI=1S/C8H13B/c1-8(2,3)5-9-6-4-7(6)9/h4-5H2,1-3H3. The van der Waals surface area contributed by atoms with Crippen LogP contribution in [0.4, 0.5) is 0 Å². The Balaban J connectivity index is 1.80. The van der Waals surface area contributed by atoms with Gasteiger partial charge in [0.1, 0.15) is 0 Å². The molecule has 0 nitrogen and oxygen atoms in total. The first-order valence-electron chi connectivity index (χ1n) is 3.80. The van der Waals surface area contributed by atoms with Crippen molar-refractivity contribution in [1.29, 1.82) is 0 Å². The van der Waals surface area contributed by atoms with Crippen LogP contribution in [0.15, 0.2) is 10.9 Å². The molecule has 0 saturated carbocycles. The van der Waals surface area contributed by atoms with Gasteiger partial charge in [0.05, 0.1) is 0 Å². The van der Waals surface area contributed by atoms with Gasteiger partial charge >= 0.3 is 0 Å². The molecule has 0 atom stereocenters. The van der Waals surface area contributed by atoms with Crippen LogP contribution in [-0.4, -0.2) is 6.71 Å². The third-order valence-corrected chi connectivity index (χ3v) is 2.24. The average Bonchev–Trinajstić information content (AvgIpc) is 2.39. The van der Waals surface area contributed by atoms with E-state index in [4.69, 9.17) is 0 Å². The SMILES string of the molecule is CC(C)(C)CB1C2=C1C2.